The molecule has 10 heteroatoms. The van der Waals surface area contributed by atoms with Crippen molar-refractivity contribution >= 4 is 19.8 Å². The largest absolute Gasteiger partial charge is 0.756 e. The SMILES string of the molecule is CC/C=C\C/C=C\C/C=C\C/C=C\CCCCCCCCCCCCCCCCCCCCCCCCCCCCC(=O)OC(COC(=O)CCCCCCCCCCC/C=C\CCCCCCCCCC)COP(=O)([O-])OCC[N+](C)(C)C. The van der Waals surface area contributed by atoms with E-state index in [-0.39, 0.29) is 32.0 Å². The first-order valence-electron chi connectivity index (χ1n) is 36.0. The molecule has 0 aliphatic carbocycles. The number of phosphoric acid groups is 1. The number of hydrogen-bond donors (Lipinski definition) is 0. The Balaban J connectivity index is 3.92. The Labute approximate surface area is 521 Å². The van der Waals surface area contributed by atoms with Gasteiger partial charge >= 0.3 is 11.9 Å². The van der Waals surface area contributed by atoms with Crippen molar-refractivity contribution in [2.24, 2.45) is 0 Å². The van der Waals surface area contributed by atoms with E-state index in [0.29, 0.717) is 17.4 Å². The second-order valence-electron chi connectivity index (χ2n) is 25.6. The van der Waals surface area contributed by atoms with Gasteiger partial charge in [0.05, 0.1) is 27.7 Å². The Morgan fingerprint density at radius 2 is 0.679 bits per heavy atom. The van der Waals surface area contributed by atoms with Crippen molar-refractivity contribution in [2.75, 3.05) is 47.5 Å². The van der Waals surface area contributed by atoms with E-state index < -0.39 is 26.5 Å². The Hall–Kier alpha value is -2.29. The van der Waals surface area contributed by atoms with Gasteiger partial charge in [0, 0.05) is 12.8 Å². The molecule has 0 aromatic heterocycles. The van der Waals surface area contributed by atoms with Crippen LogP contribution in [0, 0.1) is 0 Å². The zero-order valence-corrected chi connectivity index (χ0v) is 57.0. The molecule has 0 aromatic carbocycles. The number of quaternary nitrogens is 1. The summed E-state index contributed by atoms with van der Waals surface area (Å²) in [6.45, 7) is 4.18. The summed E-state index contributed by atoms with van der Waals surface area (Å²) < 4.78 is 34.3. The van der Waals surface area contributed by atoms with Crippen molar-refractivity contribution < 1.29 is 42.1 Å². The van der Waals surface area contributed by atoms with Crippen LogP contribution >= 0.6 is 7.82 Å². The van der Waals surface area contributed by atoms with Crippen LogP contribution in [0.5, 0.6) is 0 Å². The van der Waals surface area contributed by atoms with Gasteiger partial charge < -0.3 is 27.9 Å². The third-order valence-corrected chi connectivity index (χ3v) is 17.0. The Morgan fingerprint density at radius 1 is 0.381 bits per heavy atom. The van der Waals surface area contributed by atoms with Crippen molar-refractivity contribution in [1.82, 2.24) is 0 Å². The highest BCUT2D eigenvalue weighted by atomic mass is 31.2. The van der Waals surface area contributed by atoms with Crippen molar-refractivity contribution in [3.8, 4) is 0 Å². The summed E-state index contributed by atoms with van der Waals surface area (Å²) in [7, 11) is 1.18. The van der Waals surface area contributed by atoms with Crippen LogP contribution < -0.4 is 4.89 Å². The second-order valence-corrected chi connectivity index (χ2v) is 27.0. The van der Waals surface area contributed by atoms with Crippen LogP contribution in [0.25, 0.3) is 0 Å². The van der Waals surface area contributed by atoms with Crippen LogP contribution in [0.3, 0.4) is 0 Å². The molecule has 0 N–H and O–H groups in total. The number of ether oxygens (including phenoxy) is 2. The fourth-order valence-electron chi connectivity index (χ4n) is 10.5. The first kappa shape index (κ1) is 81.7. The lowest BCUT2D eigenvalue weighted by Gasteiger charge is -2.28. The molecule has 0 fully saturated rings. The third kappa shape index (κ3) is 68.8. The van der Waals surface area contributed by atoms with E-state index in [0.717, 1.165) is 57.8 Å². The summed E-state index contributed by atoms with van der Waals surface area (Å²) in [6.07, 6.45) is 86.1. The molecule has 0 amide bonds. The third-order valence-electron chi connectivity index (χ3n) is 16.0. The lowest BCUT2D eigenvalue weighted by Crippen LogP contribution is -2.37. The number of likely N-dealkylation sites (N-methyl/N-ethyl adjacent to an activating group) is 1. The molecule has 9 nitrogen and oxygen atoms in total. The summed E-state index contributed by atoms with van der Waals surface area (Å²) in [5.74, 6) is -0.817. The molecule has 2 unspecified atom stereocenters. The van der Waals surface area contributed by atoms with Crippen LogP contribution in [0.2, 0.25) is 0 Å². The minimum absolute atomic E-state index is 0.0293. The Morgan fingerprint density at radius 3 is 1.02 bits per heavy atom. The van der Waals surface area contributed by atoms with Gasteiger partial charge in [-0.05, 0) is 77.0 Å². The number of carbonyl (C=O) groups excluding carboxylic acids is 2. The van der Waals surface area contributed by atoms with Crippen molar-refractivity contribution in [1.29, 1.82) is 0 Å². The molecule has 0 aliphatic rings. The van der Waals surface area contributed by atoms with Crippen molar-refractivity contribution in [3.63, 3.8) is 0 Å². The van der Waals surface area contributed by atoms with Gasteiger partial charge in [0.25, 0.3) is 7.82 Å². The predicted molar refractivity (Wildman–Crippen MR) is 360 cm³/mol. The smallest absolute Gasteiger partial charge is 0.306 e. The number of unbranched alkanes of at least 4 members (excludes halogenated alkanes) is 43. The Kier molecular flexibility index (Phi) is 63.4. The van der Waals surface area contributed by atoms with Gasteiger partial charge in [-0.1, -0.05) is 319 Å². The van der Waals surface area contributed by atoms with Crippen LogP contribution in [0.15, 0.2) is 60.8 Å². The molecule has 0 spiro atoms. The number of carbonyl (C=O) groups is 2. The zero-order valence-electron chi connectivity index (χ0n) is 56.1. The molecule has 0 bridgehead atoms. The minimum atomic E-state index is -4.64. The number of rotatable bonds is 67. The van der Waals surface area contributed by atoms with Gasteiger partial charge in [-0.25, -0.2) is 0 Å². The normalized spacial score (nSPS) is 13.5. The van der Waals surface area contributed by atoms with Gasteiger partial charge in [0.1, 0.15) is 19.8 Å². The number of esters is 2. The summed E-state index contributed by atoms with van der Waals surface area (Å²) in [6, 6.07) is 0. The molecule has 2 atom stereocenters. The molecule has 492 valence electrons. The molecule has 0 saturated heterocycles. The molecule has 0 aromatic rings. The highest BCUT2D eigenvalue weighted by molar-refractivity contribution is 7.45. The van der Waals surface area contributed by atoms with Gasteiger partial charge in [0.15, 0.2) is 6.10 Å². The maximum atomic E-state index is 12.9. The van der Waals surface area contributed by atoms with E-state index in [9.17, 15) is 19.0 Å². The molecule has 0 radical (unpaired) electrons. The predicted octanol–water partition coefficient (Wildman–Crippen LogP) is 22.8. The molecular weight excluding hydrogens is 1060 g/mol. The number of hydrogen-bond acceptors (Lipinski definition) is 8. The molecule has 0 rings (SSSR count). The molecule has 0 heterocycles. The van der Waals surface area contributed by atoms with E-state index >= 15 is 0 Å². The van der Waals surface area contributed by atoms with Crippen LogP contribution in [-0.2, 0) is 32.7 Å². The van der Waals surface area contributed by atoms with Crippen molar-refractivity contribution in [2.45, 2.75) is 354 Å². The number of nitrogens with zero attached hydrogens (tertiary/aromatic N) is 1. The summed E-state index contributed by atoms with van der Waals surface area (Å²) >= 11 is 0. The monoisotopic (exact) mass is 1200 g/mol. The average molecular weight is 1200 g/mol. The van der Waals surface area contributed by atoms with Crippen LogP contribution in [-0.4, -0.2) is 70.0 Å². The molecular formula is C74H138NO8P. The number of phosphoric ester groups is 1. The molecule has 84 heavy (non-hydrogen) atoms. The highest BCUT2D eigenvalue weighted by Crippen LogP contribution is 2.38. The highest BCUT2D eigenvalue weighted by Gasteiger charge is 2.22. The maximum Gasteiger partial charge on any atom is 0.306 e. The van der Waals surface area contributed by atoms with Gasteiger partial charge in [0.2, 0.25) is 0 Å². The minimum Gasteiger partial charge on any atom is -0.756 e. The first-order valence-corrected chi connectivity index (χ1v) is 37.5. The molecule has 0 aliphatic heterocycles. The summed E-state index contributed by atoms with van der Waals surface area (Å²) in [5, 5.41) is 0. The van der Waals surface area contributed by atoms with E-state index in [2.05, 4.69) is 74.6 Å². The van der Waals surface area contributed by atoms with Gasteiger partial charge in [-0.15, -0.1) is 0 Å². The standard InChI is InChI=1S/C74H138NO8P/c1-6-8-10-12-14-16-18-20-22-24-26-28-29-30-31-32-33-34-35-36-37-38-39-40-41-42-43-44-45-47-49-51-53-55-57-59-61-63-65-67-74(77)83-72(71-82-84(78,79)81-69-68-75(3,4)5)70-80-73(76)66-64-62-60-58-56-54-52-50-48-46-27-25-23-21-19-17-15-13-11-9-7-2/h8,10,14,16,20,22,25-28,72H,6-7,9,11-13,15,17-19,21,23-24,29-71H2,1-5H3/b10-8-,16-14-,22-20-,27-25-,28-26-. The van der Waals surface area contributed by atoms with E-state index in [1.54, 1.807) is 0 Å². The maximum absolute atomic E-state index is 12.9. The first-order chi connectivity index (χ1) is 41.0. The van der Waals surface area contributed by atoms with Crippen LogP contribution in [0.1, 0.15) is 348 Å². The van der Waals surface area contributed by atoms with E-state index in [4.69, 9.17) is 18.5 Å². The fourth-order valence-corrected chi connectivity index (χ4v) is 11.3. The lowest BCUT2D eigenvalue weighted by molar-refractivity contribution is -0.870. The lowest BCUT2D eigenvalue weighted by atomic mass is 10.0. The van der Waals surface area contributed by atoms with Crippen molar-refractivity contribution in [3.05, 3.63) is 60.8 Å². The summed E-state index contributed by atoms with van der Waals surface area (Å²) in [4.78, 5) is 38.0. The van der Waals surface area contributed by atoms with E-state index in [1.165, 1.54) is 257 Å². The fraction of sp³-hybridized carbons (Fsp3) is 0.838. The van der Waals surface area contributed by atoms with Gasteiger partial charge in [-0.3, -0.25) is 14.2 Å². The molecule has 0 saturated carbocycles. The number of allylic oxidation sites excluding steroid dienone is 10. The quantitative estimate of drug-likeness (QED) is 0.0195. The van der Waals surface area contributed by atoms with Crippen LogP contribution in [0.4, 0.5) is 0 Å². The summed E-state index contributed by atoms with van der Waals surface area (Å²) in [5.41, 5.74) is 0. The average Bonchev–Trinajstić information content (AvgIpc) is 3.61. The second kappa shape index (κ2) is 65.2. The van der Waals surface area contributed by atoms with E-state index in [1.807, 2.05) is 21.1 Å². The topological polar surface area (TPSA) is 111 Å². The van der Waals surface area contributed by atoms with Gasteiger partial charge in [-0.2, -0.15) is 0 Å². The Bertz CT molecular complexity index is 1600. The zero-order chi connectivity index (χ0) is 61.2.